The van der Waals surface area contributed by atoms with E-state index in [9.17, 15) is 24.9 Å². The molecule has 1 aliphatic rings. The lowest BCUT2D eigenvalue weighted by Gasteiger charge is -2.39. The zero-order chi connectivity index (χ0) is 43.2. The van der Waals surface area contributed by atoms with E-state index in [1.54, 1.807) is 20.8 Å². The number of pyridine rings is 1. The van der Waals surface area contributed by atoms with Crippen molar-refractivity contribution in [2.24, 2.45) is 10.4 Å². The van der Waals surface area contributed by atoms with E-state index in [0.717, 1.165) is 46.9 Å². The molecule has 0 spiro atoms. The van der Waals surface area contributed by atoms with Gasteiger partial charge in [0.05, 0.1) is 12.3 Å². The van der Waals surface area contributed by atoms with Gasteiger partial charge in [0.15, 0.2) is 5.75 Å². The fraction of sp³-hybridized carbons (Fsp3) is 0.320. The summed E-state index contributed by atoms with van der Waals surface area (Å²) >= 11 is 0. The van der Waals surface area contributed by atoms with Crippen LogP contribution in [0.5, 0.6) is 28.7 Å². The van der Waals surface area contributed by atoms with Crippen molar-refractivity contribution in [3.05, 3.63) is 154 Å². The highest BCUT2D eigenvalue weighted by Gasteiger charge is 2.50. The number of allylic oxidation sites excluding steroid dienone is 1. The summed E-state index contributed by atoms with van der Waals surface area (Å²) in [4.78, 5) is 34.1. The lowest BCUT2D eigenvalue weighted by Crippen LogP contribution is -2.49. The van der Waals surface area contributed by atoms with Crippen LogP contribution in [-0.2, 0) is 28.8 Å². The molecule has 10 heteroatoms. The van der Waals surface area contributed by atoms with Gasteiger partial charge < -0.3 is 29.5 Å². The van der Waals surface area contributed by atoms with Gasteiger partial charge in [-0.3, -0.25) is 14.8 Å². The molecule has 0 bridgehead atoms. The third-order valence-electron chi connectivity index (χ3n) is 10.7. The molecule has 0 amide bonds. The van der Waals surface area contributed by atoms with Crippen molar-refractivity contribution in [1.82, 2.24) is 4.98 Å². The largest absolute Gasteiger partial charge is 0.505 e. The highest BCUT2D eigenvalue weighted by atomic mass is 16.5. The fourth-order valence-electron chi connectivity index (χ4n) is 7.45. The first-order valence-corrected chi connectivity index (χ1v) is 20.7. The van der Waals surface area contributed by atoms with E-state index in [0.29, 0.717) is 66.1 Å². The Balaban J connectivity index is 0.000000228. The van der Waals surface area contributed by atoms with Crippen molar-refractivity contribution in [3.63, 3.8) is 0 Å². The molecule has 1 aromatic heterocycles. The Kier molecular flexibility index (Phi) is 15.8. The highest BCUT2D eigenvalue weighted by molar-refractivity contribution is 5.98. The van der Waals surface area contributed by atoms with E-state index in [2.05, 4.69) is 4.98 Å². The third-order valence-corrected chi connectivity index (χ3v) is 10.7. The molecule has 5 aromatic rings. The second-order valence-corrected chi connectivity index (χ2v) is 14.8. The minimum absolute atomic E-state index is 0.0716. The quantitative estimate of drug-likeness (QED) is 0.0828. The van der Waals surface area contributed by atoms with Gasteiger partial charge >= 0.3 is 11.9 Å². The summed E-state index contributed by atoms with van der Waals surface area (Å²) in [6.07, 6.45) is 2.96. The first-order chi connectivity index (χ1) is 28.9. The molecule has 0 aliphatic carbocycles. The number of carbonyl (C=O) groups excluding carboxylic acids is 1. The zero-order valence-electron chi connectivity index (χ0n) is 35.4. The van der Waals surface area contributed by atoms with Crippen LogP contribution in [0.1, 0.15) is 98.7 Å². The van der Waals surface area contributed by atoms with E-state index in [4.69, 9.17) is 19.2 Å². The van der Waals surface area contributed by atoms with Crippen LogP contribution in [0.4, 0.5) is 0 Å². The van der Waals surface area contributed by atoms with Crippen molar-refractivity contribution in [2.45, 2.75) is 92.6 Å². The van der Waals surface area contributed by atoms with Gasteiger partial charge in [-0.05, 0) is 111 Å². The molecular formula is C50H56N2O8. The Hall–Kier alpha value is -6.26. The number of aromatic hydroxyl groups is 1. The number of hydrogen-bond acceptors (Lipinski definition) is 9. The number of carboxylic acids is 1. The van der Waals surface area contributed by atoms with Crippen molar-refractivity contribution in [1.29, 1.82) is 0 Å². The van der Waals surface area contributed by atoms with Crippen LogP contribution >= 0.6 is 0 Å². The number of nitrogens with zero attached hydrogens (tertiary/aromatic N) is 2. The second kappa shape index (κ2) is 21.1. The molecule has 2 atom stereocenters. The average Bonchev–Trinajstić information content (AvgIpc) is 3.23. The number of hydrogen-bond donors (Lipinski definition) is 3. The molecule has 0 saturated carbocycles. The summed E-state index contributed by atoms with van der Waals surface area (Å²) in [7, 11) is 0. The summed E-state index contributed by atoms with van der Waals surface area (Å²) in [5.41, 5.74) is 4.66. The molecule has 4 aromatic carbocycles. The monoisotopic (exact) mass is 812 g/mol. The molecule has 0 radical (unpaired) electrons. The Bertz CT molecular complexity index is 2300. The lowest BCUT2D eigenvalue weighted by atomic mass is 9.69. The molecular weight excluding hydrogens is 757 g/mol. The number of aliphatic hydroxyl groups is 1. The standard InChI is InChI=1S/C25H29NO4.C25H27NO4/c1-4-10-21-23(27)25(5-2,24(28)29)17(3)22(26-21)16-18-11-9-14-20(15-18)30-19-12-7-6-8-13-19;1-4-10-21-24(27)23(25(28)29-5-2)17(3)22(26-21)16-18-11-9-14-20(15-18)30-19-12-7-6-8-13-19/h6-9,11-15,23,27H,4-5,10,16H2,1-3H3,(H,28,29);6-9,11-15,27H,4-5,10,16H2,1-3H3. The third kappa shape index (κ3) is 10.7. The predicted octanol–water partition coefficient (Wildman–Crippen LogP) is 11.0. The SMILES string of the molecule is CCCC1=NC(Cc2cccc(Oc3ccccc3)c2)=C(C)C(CC)(C(=O)O)C1O.CCCc1nc(Cc2cccc(Oc3ccccc3)c2)c(C)c(C(=O)OCC)c1O. The molecule has 6 rings (SSSR count). The number of aliphatic hydroxyl groups excluding tert-OH is 1. The molecule has 2 unspecified atom stereocenters. The van der Waals surface area contributed by atoms with Crippen LogP contribution < -0.4 is 9.47 Å². The number of benzene rings is 4. The number of ether oxygens (including phenoxy) is 3. The van der Waals surface area contributed by atoms with Crippen LogP contribution in [0, 0.1) is 12.3 Å². The van der Waals surface area contributed by atoms with E-state index in [1.807, 2.05) is 130 Å². The van der Waals surface area contributed by atoms with Gasteiger partial charge in [0.2, 0.25) is 0 Å². The number of esters is 1. The number of aliphatic imine (C=N–C) groups is 1. The minimum atomic E-state index is -1.33. The minimum Gasteiger partial charge on any atom is -0.505 e. The molecule has 3 N–H and O–H groups in total. The predicted molar refractivity (Wildman–Crippen MR) is 234 cm³/mol. The van der Waals surface area contributed by atoms with Crippen LogP contribution in [0.25, 0.3) is 0 Å². The molecule has 314 valence electrons. The van der Waals surface area contributed by atoms with E-state index < -0.39 is 23.5 Å². The first kappa shape index (κ1) is 44.8. The molecule has 0 fully saturated rings. The Morgan fingerprint density at radius 3 is 1.73 bits per heavy atom. The van der Waals surface area contributed by atoms with Crippen LogP contribution in [0.15, 0.2) is 125 Å². The van der Waals surface area contributed by atoms with Gasteiger partial charge in [-0.15, -0.1) is 0 Å². The zero-order valence-corrected chi connectivity index (χ0v) is 35.4. The van der Waals surface area contributed by atoms with Crippen LogP contribution in [0.2, 0.25) is 0 Å². The Morgan fingerprint density at radius 2 is 1.23 bits per heavy atom. The molecule has 0 saturated heterocycles. The van der Waals surface area contributed by atoms with Gasteiger partial charge in [-0.2, -0.15) is 0 Å². The van der Waals surface area contributed by atoms with Crippen LogP contribution in [-0.4, -0.2) is 50.7 Å². The highest BCUT2D eigenvalue weighted by Crippen LogP contribution is 2.43. The molecule has 2 heterocycles. The summed E-state index contributed by atoms with van der Waals surface area (Å²) < 4.78 is 17.0. The first-order valence-electron chi connectivity index (χ1n) is 20.7. The molecule has 60 heavy (non-hydrogen) atoms. The summed E-state index contributed by atoms with van der Waals surface area (Å²) in [5.74, 6) is 1.37. The van der Waals surface area contributed by atoms with Gasteiger partial charge in [-0.25, -0.2) is 4.79 Å². The lowest BCUT2D eigenvalue weighted by molar-refractivity contribution is -0.151. The molecule has 1 aliphatic heterocycles. The average molecular weight is 813 g/mol. The van der Waals surface area contributed by atoms with Crippen molar-refractivity contribution in [2.75, 3.05) is 6.61 Å². The van der Waals surface area contributed by atoms with E-state index in [-0.39, 0.29) is 17.9 Å². The maximum Gasteiger partial charge on any atom is 0.342 e. The van der Waals surface area contributed by atoms with Gasteiger partial charge in [0, 0.05) is 29.9 Å². The number of carboxylic acid groups (broad SMARTS) is 1. The summed E-state index contributed by atoms with van der Waals surface area (Å²) in [6.45, 7) is 11.4. The fourth-order valence-corrected chi connectivity index (χ4v) is 7.45. The van der Waals surface area contributed by atoms with Crippen molar-refractivity contribution in [3.8, 4) is 28.7 Å². The van der Waals surface area contributed by atoms with E-state index in [1.165, 1.54) is 0 Å². The Labute approximate surface area is 353 Å². The number of carbonyl (C=O) groups is 2. The van der Waals surface area contributed by atoms with E-state index >= 15 is 0 Å². The number of para-hydroxylation sites is 2. The number of aromatic nitrogens is 1. The maximum atomic E-state index is 12.5. The number of aliphatic carboxylic acids is 1. The van der Waals surface area contributed by atoms with Gasteiger partial charge in [0.25, 0.3) is 0 Å². The normalized spacial score (nSPS) is 16.0. The number of rotatable bonds is 16. The maximum absolute atomic E-state index is 12.5. The van der Waals surface area contributed by atoms with Gasteiger partial charge in [-0.1, -0.05) is 94.3 Å². The second-order valence-electron chi connectivity index (χ2n) is 14.8. The number of aryl methyl sites for hydroxylation is 1. The Morgan fingerprint density at radius 1 is 0.700 bits per heavy atom. The van der Waals surface area contributed by atoms with Gasteiger partial charge in [0.1, 0.15) is 40.1 Å². The topological polar surface area (TPSA) is 148 Å². The van der Waals surface area contributed by atoms with Crippen molar-refractivity contribution >= 4 is 17.7 Å². The summed E-state index contributed by atoms with van der Waals surface area (Å²) in [5, 5.41) is 31.5. The van der Waals surface area contributed by atoms with Crippen molar-refractivity contribution < 1.29 is 39.1 Å². The van der Waals surface area contributed by atoms with Crippen LogP contribution in [0.3, 0.4) is 0 Å². The summed E-state index contributed by atoms with van der Waals surface area (Å²) in [6, 6.07) is 34.7. The smallest absolute Gasteiger partial charge is 0.342 e. The molecule has 10 nitrogen and oxygen atoms in total.